The van der Waals surface area contributed by atoms with Gasteiger partial charge in [-0.15, -0.1) is 0 Å². The van der Waals surface area contributed by atoms with Gasteiger partial charge in [0, 0.05) is 11.5 Å². The summed E-state index contributed by atoms with van der Waals surface area (Å²) in [6.07, 6.45) is 0. The highest BCUT2D eigenvalue weighted by Gasteiger charge is 2.32. The van der Waals surface area contributed by atoms with Gasteiger partial charge < -0.3 is 10.2 Å². The van der Waals surface area contributed by atoms with Crippen molar-refractivity contribution >= 4 is 11.3 Å². The lowest BCUT2D eigenvalue weighted by Crippen LogP contribution is -2.20. The van der Waals surface area contributed by atoms with E-state index in [1.165, 1.54) is 5.56 Å². The minimum Gasteiger partial charge on any atom is -0.508 e. The fourth-order valence-corrected chi connectivity index (χ4v) is 4.43. The highest BCUT2D eigenvalue weighted by Crippen LogP contribution is 2.47. The van der Waals surface area contributed by atoms with Crippen LogP contribution in [0.2, 0.25) is 0 Å². The van der Waals surface area contributed by atoms with Crippen molar-refractivity contribution in [1.82, 2.24) is 0 Å². The van der Waals surface area contributed by atoms with Crippen LogP contribution >= 0.6 is 11.3 Å². The first kappa shape index (κ1) is 19.5. The van der Waals surface area contributed by atoms with Gasteiger partial charge in [-0.3, -0.25) is 0 Å². The number of rotatable bonds is 4. The number of phenols is 2. The highest BCUT2D eigenvalue weighted by atomic mass is 32.1. The van der Waals surface area contributed by atoms with E-state index in [2.05, 4.69) is 63.6 Å². The first-order valence-electron chi connectivity index (χ1n) is 9.36. The Bertz CT molecular complexity index is 901. The van der Waals surface area contributed by atoms with Gasteiger partial charge in [-0.05, 0) is 74.7 Å². The number of benzene rings is 2. The first-order valence-corrected chi connectivity index (χ1v) is 10.3. The minimum atomic E-state index is -0.0413. The van der Waals surface area contributed by atoms with E-state index in [0.29, 0.717) is 5.75 Å². The number of hydrogen-bond donors (Lipinski definition) is 2. The number of phenolic OH excluding ortho intramolecular Hbond substituents is 2. The number of hydrogen-bond acceptors (Lipinski definition) is 3. The monoisotopic (exact) mass is 380 g/mol. The van der Waals surface area contributed by atoms with Crippen LogP contribution in [0, 0.1) is 5.41 Å². The topological polar surface area (TPSA) is 40.5 Å². The van der Waals surface area contributed by atoms with Crippen molar-refractivity contribution in [3.63, 3.8) is 0 Å². The molecule has 3 aromatic rings. The third-order valence-electron chi connectivity index (χ3n) is 5.05. The molecule has 2 aromatic carbocycles. The zero-order valence-electron chi connectivity index (χ0n) is 16.7. The zero-order chi connectivity index (χ0) is 19.8. The molecular formula is C24H28O2S. The van der Waals surface area contributed by atoms with E-state index >= 15 is 0 Å². The molecule has 3 rings (SSSR count). The van der Waals surface area contributed by atoms with Crippen LogP contribution in [0.25, 0.3) is 11.1 Å². The average molecular weight is 381 g/mol. The summed E-state index contributed by atoms with van der Waals surface area (Å²) >= 11 is 1.69. The molecule has 0 amide bonds. The predicted octanol–water partition coefficient (Wildman–Crippen LogP) is 7.13. The molecular weight excluding hydrogens is 352 g/mol. The second kappa shape index (κ2) is 7.40. The van der Waals surface area contributed by atoms with Crippen molar-refractivity contribution in [1.29, 1.82) is 0 Å². The van der Waals surface area contributed by atoms with Gasteiger partial charge in [-0.25, -0.2) is 0 Å². The van der Waals surface area contributed by atoms with Crippen LogP contribution in [0.3, 0.4) is 0 Å². The summed E-state index contributed by atoms with van der Waals surface area (Å²) in [6, 6.07) is 13.6. The maximum absolute atomic E-state index is 11.2. The van der Waals surface area contributed by atoms with Gasteiger partial charge in [0.05, 0.1) is 0 Å². The quantitative estimate of drug-likeness (QED) is 0.505. The Hall–Kier alpha value is -2.26. The molecule has 0 spiro atoms. The molecule has 142 valence electrons. The van der Waals surface area contributed by atoms with E-state index in [9.17, 15) is 10.2 Å². The fraction of sp³-hybridized carbons (Fsp3) is 0.333. The molecule has 3 heteroatoms. The van der Waals surface area contributed by atoms with Crippen LogP contribution < -0.4 is 0 Å². The largest absolute Gasteiger partial charge is 0.508 e. The summed E-state index contributed by atoms with van der Waals surface area (Å²) in [5.74, 6) is 0.966. The zero-order valence-corrected chi connectivity index (χ0v) is 17.5. The molecule has 2 N–H and O–H groups in total. The van der Waals surface area contributed by atoms with Crippen LogP contribution in [0.5, 0.6) is 11.5 Å². The van der Waals surface area contributed by atoms with Crippen molar-refractivity contribution in [2.24, 2.45) is 5.41 Å². The Morgan fingerprint density at radius 1 is 0.852 bits per heavy atom. The molecule has 0 saturated heterocycles. The minimum absolute atomic E-state index is 0.0413. The first-order chi connectivity index (χ1) is 12.7. The van der Waals surface area contributed by atoms with Crippen molar-refractivity contribution in [3.8, 4) is 22.6 Å². The predicted molar refractivity (Wildman–Crippen MR) is 115 cm³/mol. The van der Waals surface area contributed by atoms with Crippen molar-refractivity contribution in [2.45, 2.75) is 46.5 Å². The van der Waals surface area contributed by atoms with Crippen LogP contribution in [0.1, 0.15) is 63.1 Å². The Morgan fingerprint density at radius 3 is 2.00 bits per heavy atom. The lowest BCUT2D eigenvalue weighted by atomic mass is 9.72. The lowest BCUT2D eigenvalue weighted by molar-refractivity contribution is 0.346. The van der Waals surface area contributed by atoms with Gasteiger partial charge in [-0.1, -0.05) is 46.8 Å². The standard InChI is InChI=1S/C24H28O2S/c1-15(2)20-12-18(16-6-8-19(25)9-7-16)13-21(23(20)26)22(24(3,4)5)17-10-11-27-14-17/h6-15,22,25-26H,1-5H3. The van der Waals surface area contributed by atoms with Crippen LogP contribution in [-0.4, -0.2) is 10.2 Å². The molecule has 2 nitrogen and oxygen atoms in total. The van der Waals surface area contributed by atoms with E-state index < -0.39 is 0 Å². The second-order valence-electron chi connectivity index (χ2n) is 8.56. The van der Waals surface area contributed by atoms with Gasteiger partial charge in [0.2, 0.25) is 0 Å². The third kappa shape index (κ3) is 4.03. The Labute approximate surface area is 166 Å². The Morgan fingerprint density at radius 2 is 1.48 bits per heavy atom. The van der Waals surface area contributed by atoms with Gasteiger partial charge in [0.1, 0.15) is 11.5 Å². The summed E-state index contributed by atoms with van der Waals surface area (Å²) in [6.45, 7) is 10.9. The van der Waals surface area contributed by atoms with Crippen molar-refractivity contribution in [3.05, 3.63) is 69.9 Å². The molecule has 0 fully saturated rings. The molecule has 1 heterocycles. The highest BCUT2D eigenvalue weighted by molar-refractivity contribution is 7.08. The lowest BCUT2D eigenvalue weighted by Gasteiger charge is -2.32. The SMILES string of the molecule is CC(C)c1cc(-c2ccc(O)cc2)cc(C(c2ccsc2)C(C)(C)C)c1O. The Kier molecular flexibility index (Phi) is 5.34. The van der Waals surface area contributed by atoms with Crippen LogP contribution in [0.4, 0.5) is 0 Å². The molecule has 1 aromatic heterocycles. The van der Waals surface area contributed by atoms with E-state index in [0.717, 1.165) is 22.3 Å². The summed E-state index contributed by atoms with van der Waals surface area (Å²) < 4.78 is 0. The average Bonchev–Trinajstić information content (AvgIpc) is 3.10. The van der Waals surface area contributed by atoms with E-state index in [4.69, 9.17) is 0 Å². The summed E-state index contributed by atoms with van der Waals surface area (Å²) in [4.78, 5) is 0. The molecule has 0 bridgehead atoms. The smallest absolute Gasteiger partial charge is 0.122 e. The molecule has 0 saturated carbocycles. The van der Waals surface area contributed by atoms with E-state index in [-0.39, 0.29) is 23.0 Å². The maximum Gasteiger partial charge on any atom is 0.122 e. The molecule has 1 atom stereocenters. The van der Waals surface area contributed by atoms with Gasteiger partial charge in [0.15, 0.2) is 0 Å². The summed E-state index contributed by atoms with van der Waals surface area (Å²) in [5.41, 5.74) is 5.22. The number of thiophene rings is 1. The van der Waals surface area contributed by atoms with Crippen molar-refractivity contribution < 1.29 is 10.2 Å². The van der Waals surface area contributed by atoms with Gasteiger partial charge >= 0.3 is 0 Å². The van der Waals surface area contributed by atoms with E-state index in [1.54, 1.807) is 23.5 Å². The summed E-state index contributed by atoms with van der Waals surface area (Å²) in [5, 5.41) is 25.1. The van der Waals surface area contributed by atoms with Gasteiger partial charge in [-0.2, -0.15) is 11.3 Å². The maximum atomic E-state index is 11.2. The number of aromatic hydroxyl groups is 2. The van der Waals surface area contributed by atoms with Gasteiger partial charge in [0.25, 0.3) is 0 Å². The molecule has 1 unspecified atom stereocenters. The van der Waals surface area contributed by atoms with Crippen LogP contribution in [-0.2, 0) is 0 Å². The molecule has 0 radical (unpaired) electrons. The van der Waals surface area contributed by atoms with Crippen molar-refractivity contribution in [2.75, 3.05) is 0 Å². The molecule has 27 heavy (non-hydrogen) atoms. The third-order valence-corrected chi connectivity index (χ3v) is 5.75. The normalized spacial score (nSPS) is 13.1. The molecule has 0 aliphatic heterocycles. The van der Waals surface area contributed by atoms with E-state index in [1.807, 2.05) is 12.1 Å². The fourth-order valence-electron chi connectivity index (χ4n) is 3.75. The van der Waals surface area contributed by atoms with Crippen LogP contribution in [0.15, 0.2) is 53.2 Å². The molecule has 0 aliphatic carbocycles. The summed E-state index contributed by atoms with van der Waals surface area (Å²) in [7, 11) is 0. The second-order valence-corrected chi connectivity index (χ2v) is 9.34. The Balaban J connectivity index is 2.25. The molecule has 0 aliphatic rings.